The standard InChI is InChI=1S/C12H23N/c1-4-12(10(2)3)13-11-8-6-5-7-9-11/h6,8,10-13H,4-5,7,9H2,1-3H3. The summed E-state index contributed by atoms with van der Waals surface area (Å²) in [5.74, 6) is 0.750. The summed E-state index contributed by atoms with van der Waals surface area (Å²) >= 11 is 0. The monoisotopic (exact) mass is 181 g/mol. The van der Waals surface area contributed by atoms with E-state index in [9.17, 15) is 0 Å². The molecule has 76 valence electrons. The molecule has 0 spiro atoms. The van der Waals surface area contributed by atoms with Gasteiger partial charge in [0.15, 0.2) is 0 Å². The maximum atomic E-state index is 3.72. The maximum Gasteiger partial charge on any atom is 0.0252 e. The third-order valence-electron chi connectivity index (χ3n) is 2.93. The minimum Gasteiger partial charge on any atom is -0.308 e. The van der Waals surface area contributed by atoms with E-state index in [-0.39, 0.29) is 0 Å². The zero-order chi connectivity index (χ0) is 9.68. The zero-order valence-corrected chi connectivity index (χ0v) is 9.22. The minimum atomic E-state index is 0.640. The van der Waals surface area contributed by atoms with Gasteiger partial charge in [-0.2, -0.15) is 0 Å². The van der Waals surface area contributed by atoms with E-state index in [0.29, 0.717) is 12.1 Å². The molecule has 1 heteroatoms. The first-order chi connectivity index (χ1) is 6.24. The molecule has 2 atom stereocenters. The molecule has 2 unspecified atom stereocenters. The summed E-state index contributed by atoms with van der Waals surface area (Å²) in [5, 5.41) is 3.72. The Morgan fingerprint density at radius 2 is 2.23 bits per heavy atom. The molecule has 0 saturated heterocycles. The van der Waals surface area contributed by atoms with Crippen LogP contribution in [0.3, 0.4) is 0 Å². The molecule has 0 saturated carbocycles. The maximum absolute atomic E-state index is 3.72. The molecule has 0 aromatic carbocycles. The summed E-state index contributed by atoms with van der Waals surface area (Å²) < 4.78 is 0. The van der Waals surface area contributed by atoms with Gasteiger partial charge in [-0.3, -0.25) is 0 Å². The van der Waals surface area contributed by atoms with Gasteiger partial charge in [-0.15, -0.1) is 0 Å². The van der Waals surface area contributed by atoms with Crippen LogP contribution in [-0.2, 0) is 0 Å². The van der Waals surface area contributed by atoms with E-state index in [0.717, 1.165) is 5.92 Å². The average molecular weight is 181 g/mol. The number of hydrogen-bond acceptors (Lipinski definition) is 1. The first-order valence-electron chi connectivity index (χ1n) is 5.66. The Balaban J connectivity index is 2.36. The van der Waals surface area contributed by atoms with Crippen LogP contribution in [0.4, 0.5) is 0 Å². The third kappa shape index (κ3) is 3.51. The lowest BCUT2D eigenvalue weighted by molar-refractivity contribution is 0.351. The SMILES string of the molecule is CCC(NC1C=CCCC1)C(C)C. The number of hydrogen-bond donors (Lipinski definition) is 1. The van der Waals surface area contributed by atoms with Gasteiger partial charge in [-0.1, -0.05) is 32.9 Å². The van der Waals surface area contributed by atoms with Gasteiger partial charge in [0, 0.05) is 12.1 Å². The molecular formula is C12H23N. The molecule has 1 N–H and O–H groups in total. The normalized spacial score (nSPS) is 25.1. The van der Waals surface area contributed by atoms with Gasteiger partial charge in [0.2, 0.25) is 0 Å². The van der Waals surface area contributed by atoms with Gasteiger partial charge in [0.05, 0.1) is 0 Å². The van der Waals surface area contributed by atoms with E-state index in [2.05, 4.69) is 38.2 Å². The zero-order valence-electron chi connectivity index (χ0n) is 9.22. The van der Waals surface area contributed by atoms with Crippen molar-refractivity contribution in [2.24, 2.45) is 5.92 Å². The van der Waals surface area contributed by atoms with Crippen LogP contribution in [0.1, 0.15) is 46.5 Å². The highest BCUT2D eigenvalue weighted by atomic mass is 14.9. The van der Waals surface area contributed by atoms with Crippen LogP contribution in [0.2, 0.25) is 0 Å². The molecule has 0 amide bonds. The van der Waals surface area contributed by atoms with E-state index in [1.165, 1.54) is 25.7 Å². The van der Waals surface area contributed by atoms with Crippen molar-refractivity contribution in [3.05, 3.63) is 12.2 Å². The molecule has 1 nitrogen and oxygen atoms in total. The molecule has 13 heavy (non-hydrogen) atoms. The van der Waals surface area contributed by atoms with Gasteiger partial charge < -0.3 is 5.32 Å². The van der Waals surface area contributed by atoms with Crippen molar-refractivity contribution < 1.29 is 0 Å². The molecule has 1 rings (SSSR count). The predicted octanol–water partition coefficient (Wildman–Crippen LogP) is 3.12. The molecule has 0 aromatic heterocycles. The first kappa shape index (κ1) is 10.8. The summed E-state index contributed by atoms with van der Waals surface area (Å²) in [7, 11) is 0. The lowest BCUT2D eigenvalue weighted by atomic mass is 9.97. The Kier molecular flexibility index (Phi) is 4.51. The fourth-order valence-corrected chi connectivity index (χ4v) is 2.01. The Labute approximate surface area is 82.6 Å². The number of nitrogens with one attached hydrogen (secondary N) is 1. The Hall–Kier alpha value is -0.300. The molecular weight excluding hydrogens is 158 g/mol. The van der Waals surface area contributed by atoms with Crippen molar-refractivity contribution in [2.45, 2.75) is 58.5 Å². The van der Waals surface area contributed by atoms with Gasteiger partial charge in [-0.05, 0) is 31.6 Å². The second-order valence-electron chi connectivity index (χ2n) is 4.39. The fourth-order valence-electron chi connectivity index (χ4n) is 2.01. The lowest BCUT2D eigenvalue weighted by Crippen LogP contribution is -2.40. The summed E-state index contributed by atoms with van der Waals surface area (Å²) in [6.45, 7) is 6.87. The topological polar surface area (TPSA) is 12.0 Å². The summed E-state index contributed by atoms with van der Waals surface area (Å²) in [6, 6.07) is 1.33. The Bertz CT molecular complexity index is 161. The van der Waals surface area contributed by atoms with Crippen molar-refractivity contribution in [1.29, 1.82) is 0 Å². The second-order valence-corrected chi connectivity index (χ2v) is 4.39. The molecule has 0 aliphatic heterocycles. The van der Waals surface area contributed by atoms with Crippen molar-refractivity contribution in [1.82, 2.24) is 5.32 Å². The highest BCUT2D eigenvalue weighted by molar-refractivity contribution is 4.98. The van der Waals surface area contributed by atoms with Gasteiger partial charge in [0.25, 0.3) is 0 Å². The molecule has 0 heterocycles. The lowest BCUT2D eigenvalue weighted by Gasteiger charge is -2.27. The molecule has 0 radical (unpaired) electrons. The van der Waals surface area contributed by atoms with Crippen molar-refractivity contribution in [3.63, 3.8) is 0 Å². The third-order valence-corrected chi connectivity index (χ3v) is 2.93. The molecule has 0 bridgehead atoms. The largest absolute Gasteiger partial charge is 0.308 e. The second kappa shape index (κ2) is 5.43. The minimum absolute atomic E-state index is 0.640. The van der Waals surface area contributed by atoms with Crippen molar-refractivity contribution >= 4 is 0 Å². The fraction of sp³-hybridized carbons (Fsp3) is 0.833. The van der Waals surface area contributed by atoms with Crippen LogP contribution >= 0.6 is 0 Å². The van der Waals surface area contributed by atoms with E-state index < -0.39 is 0 Å². The summed E-state index contributed by atoms with van der Waals surface area (Å²) in [6.07, 6.45) is 9.84. The van der Waals surface area contributed by atoms with E-state index >= 15 is 0 Å². The van der Waals surface area contributed by atoms with Gasteiger partial charge >= 0.3 is 0 Å². The Morgan fingerprint density at radius 3 is 2.69 bits per heavy atom. The molecule has 0 fully saturated rings. The quantitative estimate of drug-likeness (QED) is 0.657. The van der Waals surface area contributed by atoms with Crippen molar-refractivity contribution in [2.75, 3.05) is 0 Å². The van der Waals surface area contributed by atoms with E-state index in [1.807, 2.05) is 0 Å². The summed E-state index contributed by atoms with van der Waals surface area (Å²) in [4.78, 5) is 0. The van der Waals surface area contributed by atoms with E-state index in [1.54, 1.807) is 0 Å². The van der Waals surface area contributed by atoms with Gasteiger partial charge in [0.1, 0.15) is 0 Å². The highest BCUT2D eigenvalue weighted by Gasteiger charge is 2.15. The van der Waals surface area contributed by atoms with Crippen LogP contribution < -0.4 is 5.32 Å². The average Bonchev–Trinajstić information content (AvgIpc) is 2.15. The van der Waals surface area contributed by atoms with Gasteiger partial charge in [-0.25, -0.2) is 0 Å². The van der Waals surface area contributed by atoms with Crippen LogP contribution in [0.15, 0.2) is 12.2 Å². The number of rotatable bonds is 4. The van der Waals surface area contributed by atoms with Crippen LogP contribution in [0.5, 0.6) is 0 Å². The predicted molar refractivity (Wildman–Crippen MR) is 58.8 cm³/mol. The smallest absolute Gasteiger partial charge is 0.0252 e. The van der Waals surface area contributed by atoms with Crippen molar-refractivity contribution in [3.8, 4) is 0 Å². The van der Waals surface area contributed by atoms with Crippen LogP contribution in [-0.4, -0.2) is 12.1 Å². The molecule has 1 aliphatic rings. The Morgan fingerprint density at radius 1 is 1.46 bits per heavy atom. The van der Waals surface area contributed by atoms with Crippen LogP contribution in [0, 0.1) is 5.92 Å². The molecule has 1 aliphatic carbocycles. The molecule has 0 aromatic rings. The van der Waals surface area contributed by atoms with E-state index in [4.69, 9.17) is 0 Å². The highest BCUT2D eigenvalue weighted by Crippen LogP contribution is 2.14. The first-order valence-corrected chi connectivity index (χ1v) is 5.66. The number of allylic oxidation sites excluding steroid dienone is 1. The summed E-state index contributed by atoms with van der Waals surface area (Å²) in [5.41, 5.74) is 0. The van der Waals surface area contributed by atoms with Crippen LogP contribution in [0.25, 0.3) is 0 Å².